The summed E-state index contributed by atoms with van der Waals surface area (Å²) in [6.45, 7) is 0. The fourth-order valence-electron chi connectivity index (χ4n) is 2.24. The van der Waals surface area contributed by atoms with Crippen LogP contribution in [0.15, 0.2) is 18.2 Å². The van der Waals surface area contributed by atoms with Gasteiger partial charge in [0, 0.05) is 0 Å². The van der Waals surface area contributed by atoms with Gasteiger partial charge in [-0.2, -0.15) is 13.2 Å². The Morgan fingerprint density at radius 1 is 1.32 bits per heavy atom. The third-order valence-corrected chi connectivity index (χ3v) is 4.00. The van der Waals surface area contributed by atoms with Gasteiger partial charge in [0.15, 0.2) is 0 Å². The highest BCUT2D eigenvalue weighted by molar-refractivity contribution is 6.31. The molecule has 0 aromatic heterocycles. The highest BCUT2D eigenvalue weighted by Crippen LogP contribution is 2.38. The summed E-state index contributed by atoms with van der Waals surface area (Å²) in [6, 6.07) is 2.67. The van der Waals surface area contributed by atoms with Crippen molar-refractivity contribution >= 4 is 11.6 Å². The Kier molecular flexibility index (Phi) is 4.08. The minimum Gasteiger partial charge on any atom is -0.391 e. The van der Waals surface area contributed by atoms with Crippen LogP contribution < -0.4 is 5.73 Å². The van der Waals surface area contributed by atoms with E-state index in [0.717, 1.165) is 25.3 Å². The lowest BCUT2D eigenvalue weighted by Crippen LogP contribution is -2.36. The predicted octanol–water partition coefficient (Wildman–Crippen LogP) is 3.52. The average molecular weight is 294 g/mol. The molecule has 1 aliphatic carbocycles. The van der Waals surface area contributed by atoms with E-state index in [0.29, 0.717) is 5.56 Å². The summed E-state index contributed by atoms with van der Waals surface area (Å²) >= 11 is 5.63. The van der Waals surface area contributed by atoms with Crippen LogP contribution in [0.5, 0.6) is 0 Å². The zero-order chi connectivity index (χ0) is 14.2. The Morgan fingerprint density at radius 3 is 2.37 bits per heavy atom. The molecular formula is C13H15ClF3NO. The summed E-state index contributed by atoms with van der Waals surface area (Å²) in [5, 5.41) is 9.63. The van der Waals surface area contributed by atoms with E-state index in [-0.39, 0.29) is 10.9 Å². The van der Waals surface area contributed by atoms with Crippen molar-refractivity contribution in [3.05, 3.63) is 34.3 Å². The van der Waals surface area contributed by atoms with Crippen LogP contribution in [0.3, 0.4) is 0 Å². The standard InChI is InChI=1S/C13H15ClF3NO/c14-10-6-8(4-5-9(10)13(15,16)17)11(18)12(19)7-2-1-3-7/h4-7,11-12,19H,1-3,18H2/t11-,12+/m0/s1. The largest absolute Gasteiger partial charge is 0.417 e. The molecule has 3 N–H and O–H groups in total. The minimum absolute atomic E-state index is 0.135. The summed E-state index contributed by atoms with van der Waals surface area (Å²) < 4.78 is 37.7. The lowest BCUT2D eigenvalue weighted by Gasteiger charge is -2.34. The summed E-state index contributed by atoms with van der Waals surface area (Å²) in [7, 11) is 0. The molecule has 1 aromatic rings. The van der Waals surface area contributed by atoms with Crippen LogP contribution in [0.2, 0.25) is 5.02 Å². The van der Waals surface area contributed by atoms with Crippen molar-refractivity contribution in [2.75, 3.05) is 0 Å². The lowest BCUT2D eigenvalue weighted by atomic mass is 9.77. The second-order valence-corrected chi connectivity index (χ2v) is 5.35. The van der Waals surface area contributed by atoms with E-state index in [2.05, 4.69) is 0 Å². The molecule has 106 valence electrons. The summed E-state index contributed by atoms with van der Waals surface area (Å²) in [4.78, 5) is 0. The van der Waals surface area contributed by atoms with Gasteiger partial charge in [0.2, 0.25) is 0 Å². The first-order valence-electron chi connectivity index (χ1n) is 6.11. The topological polar surface area (TPSA) is 46.2 Å². The predicted molar refractivity (Wildman–Crippen MR) is 66.7 cm³/mol. The molecule has 0 heterocycles. The van der Waals surface area contributed by atoms with Gasteiger partial charge in [-0.1, -0.05) is 24.1 Å². The smallest absolute Gasteiger partial charge is 0.391 e. The van der Waals surface area contributed by atoms with Crippen LogP contribution >= 0.6 is 11.6 Å². The molecule has 0 bridgehead atoms. The fourth-order valence-corrected chi connectivity index (χ4v) is 2.54. The molecule has 6 heteroatoms. The first-order chi connectivity index (χ1) is 8.80. The van der Waals surface area contributed by atoms with Gasteiger partial charge < -0.3 is 10.8 Å². The zero-order valence-corrected chi connectivity index (χ0v) is 10.9. The highest BCUT2D eigenvalue weighted by Gasteiger charge is 2.35. The van der Waals surface area contributed by atoms with Gasteiger partial charge in [-0.05, 0) is 36.5 Å². The van der Waals surface area contributed by atoms with Crippen molar-refractivity contribution in [3.63, 3.8) is 0 Å². The maximum Gasteiger partial charge on any atom is 0.417 e. The molecule has 0 unspecified atom stereocenters. The minimum atomic E-state index is -4.48. The monoisotopic (exact) mass is 293 g/mol. The quantitative estimate of drug-likeness (QED) is 0.896. The molecule has 1 fully saturated rings. The Labute approximate surface area is 114 Å². The molecule has 2 atom stereocenters. The number of aliphatic hydroxyl groups is 1. The first-order valence-corrected chi connectivity index (χ1v) is 6.49. The molecule has 1 aromatic carbocycles. The molecule has 2 nitrogen and oxygen atoms in total. The van der Waals surface area contributed by atoms with E-state index >= 15 is 0 Å². The number of alkyl halides is 3. The molecule has 0 aliphatic heterocycles. The van der Waals surface area contributed by atoms with Crippen LogP contribution in [0, 0.1) is 5.92 Å². The molecule has 0 radical (unpaired) electrons. The van der Waals surface area contributed by atoms with E-state index in [1.165, 1.54) is 12.1 Å². The van der Waals surface area contributed by atoms with Gasteiger partial charge in [0.25, 0.3) is 0 Å². The molecule has 19 heavy (non-hydrogen) atoms. The van der Waals surface area contributed by atoms with E-state index in [9.17, 15) is 18.3 Å². The Balaban J connectivity index is 2.19. The summed E-state index contributed by atoms with van der Waals surface area (Å²) in [5.74, 6) is 0.135. The van der Waals surface area contributed by atoms with Crippen molar-refractivity contribution in [3.8, 4) is 0 Å². The maximum atomic E-state index is 12.6. The maximum absolute atomic E-state index is 12.6. The van der Waals surface area contributed by atoms with E-state index in [4.69, 9.17) is 17.3 Å². The third-order valence-electron chi connectivity index (χ3n) is 3.68. The van der Waals surface area contributed by atoms with Crippen molar-refractivity contribution in [1.29, 1.82) is 0 Å². The number of hydrogen-bond acceptors (Lipinski definition) is 2. The average Bonchev–Trinajstić information content (AvgIpc) is 2.23. The van der Waals surface area contributed by atoms with Crippen molar-refractivity contribution in [1.82, 2.24) is 0 Å². The number of hydrogen-bond donors (Lipinski definition) is 2. The van der Waals surface area contributed by atoms with Crippen molar-refractivity contribution < 1.29 is 18.3 Å². The second-order valence-electron chi connectivity index (χ2n) is 4.94. The molecule has 2 rings (SSSR count). The second kappa shape index (κ2) is 5.31. The van der Waals surface area contributed by atoms with Crippen LogP contribution in [0.4, 0.5) is 13.2 Å². The van der Waals surface area contributed by atoms with Crippen LogP contribution in [0.25, 0.3) is 0 Å². The van der Waals surface area contributed by atoms with E-state index in [1.807, 2.05) is 0 Å². The molecule has 0 spiro atoms. The summed E-state index contributed by atoms with van der Waals surface area (Å²) in [6.07, 6.45) is -2.34. The summed E-state index contributed by atoms with van der Waals surface area (Å²) in [5.41, 5.74) is 5.43. The number of aliphatic hydroxyl groups excluding tert-OH is 1. The van der Waals surface area contributed by atoms with E-state index < -0.39 is 23.9 Å². The van der Waals surface area contributed by atoms with Crippen LogP contribution in [-0.4, -0.2) is 11.2 Å². The SMILES string of the molecule is N[C@@H](c1ccc(C(F)(F)F)c(Cl)c1)[C@H](O)C1CCC1. The van der Waals surface area contributed by atoms with Gasteiger partial charge in [0.1, 0.15) is 0 Å². The number of nitrogens with two attached hydrogens (primary N) is 1. The Bertz CT molecular complexity index is 460. The molecule has 0 amide bonds. The van der Waals surface area contributed by atoms with Gasteiger partial charge in [-0.3, -0.25) is 0 Å². The first kappa shape index (κ1) is 14.6. The zero-order valence-electron chi connectivity index (χ0n) is 10.1. The fraction of sp³-hybridized carbons (Fsp3) is 0.538. The van der Waals surface area contributed by atoms with Gasteiger partial charge in [0.05, 0.1) is 22.7 Å². The molecule has 0 saturated heterocycles. The van der Waals surface area contributed by atoms with Gasteiger partial charge in [-0.25, -0.2) is 0 Å². The number of halogens is 4. The highest BCUT2D eigenvalue weighted by atomic mass is 35.5. The van der Waals surface area contributed by atoms with Gasteiger partial charge in [-0.15, -0.1) is 0 Å². The lowest BCUT2D eigenvalue weighted by molar-refractivity contribution is -0.137. The Hall–Kier alpha value is -0.780. The molecule has 1 aliphatic rings. The molecule has 1 saturated carbocycles. The molecular weight excluding hydrogens is 279 g/mol. The van der Waals surface area contributed by atoms with Crippen LogP contribution in [-0.2, 0) is 6.18 Å². The third kappa shape index (κ3) is 3.04. The van der Waals surface area contributed by atoms with Crippen molar-refractivity contribution in [2.45, 2.75) is 37.6 Å². The normalized spacial score (nSPS) is 19.9. The Morgan fingerprint density at radius 2 is 1.95 bits per heavy atom. The van der Waals surface area contributed by atoms with Gasteiger partial charge >= 0.3 is 6.18 Å². The van der Waals surface area contributed by atoms with Crippen molar-refractivity contribution in [2.24, 2.45) is 11.7 Å². The number of benzene rings is 1. The number of rotatable bonds is 3. The van der Waals surface area contributed by atoms with E-state index in [1.54, 1.807) is 0 Å². The van der Waals surface area contributed by atoms with Crippen LogP contribution in [0.1, 0.15) is 36.4 Å².